The number of aryl methyl sites for hydroxylation is 4. The van der Waals surface area contributed by atoms with Crippen LogP contribution in [0.2, 0.25) is 0 Å². The molecule has 13 heteroatoms. The van der Waals surface area contributed by atoms with Gasteiger partial charge < -0.3 is 18.6 Å². The van der Waals surface area contributed by atoms with Gasteiger partial charge in [-0.1, -0.05) is 73.3 Å². The average molecular weight is 736 g/mol. The second-order valence-electron chi connectivity index (χ2n) is 10.2. The lowest BCUT2D eigenvalue weighted by Crippen LogP contribution is -2.25. The predicted molar refractivity (Wildman–Crippen MR) is 185 cm³/mol. The maximum atomic E-state index is 13.3. The van der Waals surface area contributed by atoms with Crippen LogP contribution in [0.5, 0.6) is 11.5 Å². The molecule has 6 nitrogen and oxygen atoms in total. The van der Waals surface area contributed by atoms with Gasteiger partial charge in [0.15, 0.2) is 0 Å². The number of furan rings is 1. The van der Waals surface area contributed by atoms with E-state index in [4.69, 9.17) is 9.15 Å². The van der Waals surface area contributed by atoms with Crippen molar-refractivity contribution in [2.75, 3.05) is 6.61 Å². The molecule has 0 radical (unpaired) electrons. The molecule has 3 aromatic carbocycles. The summed E-state index contributed by atoms with van der Waals surface area (Å²) in [4.78, 5) is 15.0. The summed E-state index contributed by atoms with van der Waals surface area (Å²) in [6, 6.07) is 27.8. The van der Waals surface area contributed by atoms with Gasteiger partial charge in [-0.3, -0.25) is 4.98 Å². The molecule has 0 aliphatic rings. The molecule has 2 heterocycles. The first-order chi connectivity index (χ1) is 24.5. The molecular weight excluding hydrogens is 695 g/mol. The lowest BCUT2D eigenvalue weighted by Gasteiger charge is -2.12. The number of carbonyl (C=O) groups is 1. The number of benzene rings is 3. The lowest BCUT2D eigenvalue weighted by molar-refractivity contribution is -0.274. The van der Waals surface area contributed by atoms with Crippen LogP contribution in [-0.4, -0.2) is 30.3 Å². The van der Waals surface area contributed by atoms with E-state index in [2.05, 4.69) is 21.0 Å². The van der Waals surface area contributed by atoms with E-state index in [0.717, 1.165) is 17.5 Å². The van der Waals surface area contributed by atoms with Gasteiger partial charge in [0.1, 0.15) is 17.3 Å². The summed E-state index contributed by atoms with van der Waals surface area (Å²) in [5.74, 6) is 0.0550. The summed E-state index contributed by atoms with van der Waals surface area (Å²) in [6.45, 7) is 12.2. The third-order valence-corrected chi connectivity index (χ3v) is 6.09. The van der Waals surface area contributed by atoms with Gasteiger partial charge in [0.25, 0.3) is 0 Å². The first kappa shape index (κ1) is 44.4. The number of para-hydroxylation sites is 2. The fourth-order valence-electron chi connectivity index (χ4n) is 3.62. The van der Waals surface area contributed by atoms with Crippen molar-refractivity contribution in [2.45, 2.75) is 53.5 Å². The van der Waals surface area contributed by atoms with Gasteiger partial charge in [0.2, 0.25) is 0 Å². The highest BCUT2D eigenvalue weighted by Crippen LogP contribution is 2.31. The molecule has 0 bridgehead atoms. The number of esters is 1. The van der Waals surface area contributed by atoms with Crippen LogP contribution in [0, 0.1) is 27.7 Å². The quantitative estimate of drug-likeness (QED) is 0.128. The zero-order valence-electron chi connectivity index (χ0n) is 29.2. The Morgan fingerprint density at radius 2 is 1.37 bits per heavy atom. The number of hydrogen-bond donors (Lipinski definition) is 0. The average Bonchev–Trinajstić information content (AvgIpc) is 3.57. The Balaban J connectivity index is 0.000000338. The monoisotopic (exact) mass is 735 g/mol. The minimum atomic E-state index is -4.61. The van der Waals surface area contributed by atoms with E-state index in [1.165, 1.54) is 37.3 Å². The van der Waals surface area contributed by atoms with Crippen molar-refractivity contribution in [1.82, 2.24) is 4.98 Å². The Labute approximate surface area is 298 Å². The summed E-state index contributed by atoms with van der Waals surface area (Å²) in [5.41, 5.74) is 1.87. The normalized spacial score (nSPS) is 10.8. The highest BCUT2D eigenvalue weighted by molar-refractivity contribution is 5.73. The van der Waals surface area contributed by atoms with Crippen LogP contribution in [-0.2, 0) is 15.7 Å². The van der Waals surface area contributed by atoms with Crippen LogP contribution in [0.4, 0.5) is 30.7 Å². The van der Waals surface area contributed by atoms with Gasteiger partial charge in [0, 0.05) is 17.5 Å². The molecule has 0 spiro atoms. The Morgan fingerprint density at radius 3 is 1.77 bits per heavy atom. The first-order valence-corrected chi connectivity index (χ1v) is 15.5. The van der Waals surface area contributed by atoms with Gasteiger partial charge in [0.05, 0.1) is 18.4 Å². The van der Waals surface area contributed by atoms with E-state index in [1.807, 2.05) is 44.2 Å². The fraction of sp³-hybridized carbons (Fsp3) is 0.231. The minimum Gasteiger partial charge on any atom is -0.470 e. The second-order valence-corrected chi connectivity index (χ2v) is 10.2. The van der Waals surface area contributed by atoms with E-state index in [1.54, 1.807) is 68.8 Å². The predicted octanol–water partition coefficient (Wildman–Crippen LogP) is 11.5. The molecule has 0 aliphatic carbocycles. The van der Waals surface area contributed by atoms with Crippen molar-refractivity contribution in [1.29, 1.82) is 0 Å². The third-order valence-electron chi connectivity index (χ3n) is 6.09. The molecule has 1 atom stereocenters. The smallest absolute Gasteiger partial charge is 0.470 e. The topological polar surface area (TPSA) is 70.8 Å². The van der Waals surface area contributed by atoms with Gasteiger partial charge in [-0.2, -0.15) is 17.6 Å². The highest BCUT2D eigenvalue weighted by Gasteiger charge is 2.32. The number of halogens is 7. The van der Waals surface area contributed by atoms with Gasteiger partial charge >= 0.3 is 24.9 Å². The Bertz CT molecular complexity index is 1730. The van der Waals surface area contributed by atoms with Crippen molar-refractivity contribution in [3.8, 4) is 11.5 Å². The van der Waals surface area contributed by atoms with Crippen LogP contribution in [0.1, 0.15) is 40.6 Å². The number of rotatable bonds is 6. The van der Waals surface area contributed by atoms with E-state index in [9.17, 15) is 35.5 Å². The molecule has 2 aromatic heterocycles. The summed E-state index contributed by atoms with van der Waals surface area (Å²) in [5, 5.41) is 0. The molecule has 0 amide bonds. The second kappa shape index (κ2) is 23.0. The molecule has 1 unspecified atom stereocenters. The molecule has 0 saturated carbocycles. The Kier molecular flexibility index (Phi) is 19.6. The third kappa shape index (κ3) is 19.0. The van der Waals surface area contributed by atoms with Crippen molar-refractivity contribution < 1.29 is 54.2 Å². The van der Waals surface area contributed by atoms with Crippen LogP contribution >= 0.6 is 0 Å². The number of nitrogens with zero attached hydrogens (tertiary/aromatic N) is 1. The van der Waals surface area contributed by atoms with Crippen LogP contribution in [0.3, 0.4) is 0 Å². The number of hydrogen-bond acceptors (Lipinski definition) is 6. The molecule has 0 aliphatic heterocycles. The number of aromatic nitrogens is 1. The molecule has 5 rings (SSSR count). The zero-order valence-corrected chi connectivity index (χ0v) is 29.2. The first-order valence-electron chi connectivity index (χ1n) is 15.5. The zero-order chi connectivity index (χ0) is 39.2. The number of alkyl halides is 7. The molecule has 5 aromatic rings. The summed E-state index contributed by atoms with van der Waals surface area (Å²) >= 11 is 0. The van der Waals surface area contributed by atoms with Crippen molar-refractivity contribution >= 4 is 12.0 Å². The maximum Gasteiger partial charge on any atom is 0.573 e. The molecule has 0 saturated heterocycles. The lowest BCUT2D eigenvalue weighted by atomic mass is 10.1. The van der Waals surface area contributed by atoms with Crippen molar-refractivity contribution in [2.24, 2.45) is 0 Å². The van der Waals surface area contributed by atoms with Crippen molar-refractivity contribution in [3.05, 3.63) is 156 Å². The number of ether oxygens (including phenoxy) is 3. The van der Waals surface area contributed by atoms with E-state index in [0.29, 0.717) is 11.1 Å². The Morgan fingerprint density at radius 1 is 0.788 bits per heavy atom. The largest absolute Gasteiger partial charge is 0.573 e. The Hall–Kier alpha value is -5.59. The summed E-state index contributed by atoms with van der Waals surface area (Å²) in [7, 11) is 0. The molecule has 280 valence electrons. The molecule has 0 fully saturated rings. The van der Waals surface area contributed by atoms with Gasteiger partial charge in [-0.15, -0.1) is 13.2 Å². The standard InChI is InChI=1S/C12H13FO3.C8H7F3O.C8H7F3.C6H7N.C5H6O/c1-3-9-7-5-6-8-10(9)16-11(13)12(14)15-4-2;1-6-4-2-3-5-7(6)12-8(9,10)11;1-6-4-2-3-5-7(6)8(9,10)11;1-6-4-2-3-5-7-6;1-5-3-2-4-6-5/h3,5-8,11H,1,4H2,2H3;2-5H,1H3;2-5H,1H3;2-5H,1H3;2-4H,1H3. The summed E-state index contributed by atoms with van der Waals surface area (Å²) < 4.78 is 102. The van der Waals surface area contributed by atoms with Crippen LogP contribution in [0.25, 0.3) is 6.08 Å². The number of carbonyl (C=O) groups excluding carboxylic acids is 1. The fourth-order valence-corrected chi connectivity index (χ4v) is 3.62. The molecule has 0 N–H and O–H groups in total. The van der Waals surface area contributed by atoms with E-state index >= 15 is 0 Å². The van der Waals surface area contributed by atoms with Crippen molar-refractivity contribution in [3.63, 3.8) is 0 Å². The molecule has 52 heavy (non-hydrogen) atoms. The van der Waals surface area contributed by atoms with Crippen LogP contribution in [0.15, 0.2) is 127 Å². The van der Waals surface area contributed by atoms with Gasteiger partial charge in [-0.25, -0.2) is 4.79 Å². The van der Waals surface area contributed by atoms with E-state index in [-0.39, 0.29) is 23.7 Å². The maximum absolute atomic E-state index is 13.3. The minimum absolute atomic E-state index is 0.117. The molecular formula is C39H40F7NO5. The SMILES string of the molecule is C=Cc1ccccc1OC(F)C(=O)OCC.Cc1ccccc1C(F)(F)F.Cc1ccccc1OC(F)(F)F.Cc1ccccn1.Cc1ccco1. The van der Waals surface area contributed by atoms with Gasteiger partial charge in [-0.05, 0) is 88.2 Å². The number of pyridine rings is 1. The van der Waals surface area contributed by atoms with Crippen LogP contribution < -0.4 is 9.47 Å². The van der Waals surface area contributed by atoms with E-state index < -0.39 is 30.4 Å². The highest BCUT2D eigenvalue weighted by atomic mass is 19.4. The summed E-state index contributed by atoms with van der Waals surface area (Å²) in [6.07, 6.45) is -5.96.